The van der Waals surface area contributed by atoms with Gasteiger partial charge in [0.05, 0.1) is 11.5 Å². The van der Waals surface area contributed by atoms with Gasteiger partial charge in [0.15, 0.2) is 5.43 Å². The van der Waals surface area contributed by atoms with Crippen LogP contribution in [0.3, 0.4) is 0 Å². The van der Waals surface area contributed by atoms with Gasteiger partial charge < -0.3 is 4.74 Å². The minimum atomic E-state index is -0.597. The molecule has 0 spiro atoms. The molecule has 1 aromatic heterocycles. The van der Waals surface area contributed by atoms with Crippen LogP contribution in [0.1, 0.15) is 17.3 Å². The number of esters is 1. The fourth-order valence-corrected chi connectivity index (χ4v) is 3.83. The summed E-state index contributed by atoms with van der Waals surface area (Å²) in [5.74, 6) is -0.597. The normalized spacial score (nSPS) is 10.5. The highest BCUT2D eigenvalue weighted by atomic mass is 35.5. The van der Waals surface area contributed by atoms with Gasteiger partial charge in [0, 0.05) is 16.0 Å². The number of halogens is 1. The first-order valence-corrected chi connectivity index (χ1v) is 8.96. The predicted molar refractivity (Wildman–Crippen MR) is 102 cm³/mol. The number of rotatable bonds is 4. The number of hydrogen-bond donors (Lipinski definition) is 0. The highest BCUT2D eigenvalue weighted by Gasteiger charge is 2.20. The molecule has 0 fully saturated rings. The Morgan fingerprint density at radius 1 is 1.04 bits per heavy atom. The van der Waals surface area contributed by atoms with E-state index in [0.29, 0.717) is 9.90 Å². The Kier molecular flexibility index (Phi) is 5.31. The largest absolute Gasteiger partial charge is 0.462 e. The van der Waals surface area contributed by atoms with Crippen molar-refractivity contribution in [3.8, 4) is 20.9 Å². The molecule has 3 aromatic rings. The predicted octanol–water partition coefficient (Wildman–Crippen LogP) is 5.27. The van der Waals surface area contributed by atoms with E-state index in [1.54, 1.807) is 19.1 Å². The van der Waals surface area contributed by atoms with Crippen molar-refractivity contribution >= 4 is 28.9 Å². The number of carbonyl (C=O) groups is 1. The van der Waals surface area contributed by atoms with Gasteiger partial charge in [0.1, 0.15) is 5.56 Å². The highest BCUT2D eigenvalue weighted by Crippen LogP contribution is 2.34. The van der Waals surface area contributed by atoms with Gasteiger partial charge in [-0.15, -0.1) is 11.3 Å². The molecule has 2 aromatic carbocycles. The van der Waals surface area contributed by atoms with Crippen LogP contribution < -0.4 is 5.43 Å². The van der Waals surface area contributed by atoms with Gasteiger partial charge in [-0.3, -0.25) is 4.79 Å². The van der Waals surface area contributed by atoms with Gasteiger partial charge in [-0.05, 0) is 30.2 Å². The first kappa shape index (κ1) is 17.4. The van der Waals surface area contributed by atoms with Crippen LogP contribution in [-0.2, 0) is 4.74 Å². The van der Waals surface area contributed by atoms with Crippen molar-refractivity contribution in [1.29, 1.82) is 0 Å². The Bertz CT molecular complexity index is 964. The summed E-state index contributed by atoms with van der Waals surface area (Å²) in [6.07, 6.45) is 0. The molecule has 0 aliphatic carbocycles. The van der Waals surface area contributed by atoms with E-state index in [2.05, 4.69) is 0 Å². The third-order valence-corrected chi connectivity index (χ3v) is 5.02. The third-order valence-electron chi connectivity index (χ3n) is 3.57. The molecule has 0 unspecified atom stereocenters. The fourth-order valence-electron chi connectivity index (χ4n) is 2.47. The van der Waals surface area contributed by atoms with Crippen molar-refractivity contribution in [2.24, 2.45) is 0 Å². The molecule has 126 valence electrons. The molecule has 0 bridgehead atoms. The second-order valence-electron chi connectivity index (χ2n) is 5.28. The van der Waals surface area contributed by atoms with Crippen LogP contribution in [0.15, 0.2) is 65.5 Å². The number of benzene rings is 2. The molecule has 0 amide bonds. The number of hydrogen-bond acceptors (Lipinski definition) is 4. The summed E-state index contributed by atoms with van der Waals surface area (Å²) in [5.41, 5.74) is 1.36. The van der Waals surface area contributed by atoms with Crippen molar-refractivity contribution < 1.29 is 9.53 Å². The lowest BCUT2D eigenvalue weighted by atomic mass is 10.1. The molecule has 0 atom stereocenters. The van der Waals surface area contributed by atoms with Crippen LogP contribution in [0.4, 0.5) is 0 Å². The van der Waals surface area contributed by atoms with Crippen LogP contribution in [0, 0.1) is 0 Å². The highest BCUT2D eigenvalue weighted by molar-refractivity contribution is 7.18. The minimum absolute atomic E-state index is 0.0730. The monoisotopic (exact) mass is 370 g/mol. The maximum Gasteiger partial charge on any atom is 0.343 e. The van der Waals surface area contributed by atoms with Gasteiger partial charge in [-0.25, -0.2) is 4.79 Å². The Morgan fingerprint density at radius 3 is 2.44 bits per heavy atom. The SMILES string of the molecule is CCOC(=O)c1c(-c2ccccc2)sc(-c2cccc(Cl)c2)cc1=O. The van der Waals surface area contributed by atoms with E-state index in [4.69, 9.17) is 16.3 Å². The second-order valence-corrected chi connectivity index (χ2v) is 6.76. The lowest BCUT2D eigenvalue weighted by Gasteiger charge is -2.10. The number of ether oxygens (including phenoxy) is 1. The number of carbonyl (C=O) groups excluding carboxylic acids is 1. The maximum atomic E-state index is 12.7. The van der Waals surface area contributed by atoms with Crippen molar-refractivity contribution in [2.45, 2.75) is 6.92 Å². The lowest BCUT2D eigenvalue weighted by Crippen LogP contribution is -2.17. The first-order valence-electron chi connectivity index (χ1n) is 7.76. The summed E-state index contributed by atoms with van der Waals surface area (Å²) in [6, 6.07) is 18.1. The van der Waals surface area contributed by atoms with Crippen LogP contribution in [0.2, 0.25) is 5.02 Å². The smallest absolute Gasteiger partial charge is 0.343 e. The molecule has 0 N–H and O–H groups in total. The summed E-state index contributed by atoms with van der Waals surface area (Å²) in [4.78, 5) is 26.4. The zero-order chi connectivity index (χ0) is 17.8. The van der Waals surface area contributed by atoms with E-state index >= 15 is 0 Å². The van der Waals surface area contributed by atoms with E-state index in [0.717, 1.165) is 16.0 Å². The molecule has 0 aliphatic rings. The topological polar surface area (TPSA) is 43.4 Å². The molecular formula is C20H15ClO3S. The summed E-state index contributed by atoms with van der Waals surface area (Å²) >= 11 is 7.44. The van der Waals surface area contributed by atoms with E-state index in [-0.39, 0.29) is 17.6 Å². The second kappa shape index (κ2) is 7.64. The Morgan fingerprint density at radius 2 is 1.76 bits per heavy atom. The molecule has 0 saturated carbocycles. The summed E-state index contributed by atoms with van der Waals surface area (Å²) in [5, 5.41) is 0.591. The van der Waals surface area contributed by atoms with Crippen LogP contribution in [0.25, 0.3) is 20.9 Å². The molecule has 25 heavy (non-hydrogen) atoms. The zero-order valence-corrected chi connectivity index (χ0v) is 15.1. The molecule has 3 rings (SSSR count). The molecule has 1 heterocycles. The summed E-state index contributed by atoms with van der Waals surface area (Å²) in [6.45, 7) is 1.93. The molecule has 5 heteroatoms. The molecule has 0 aliphatic heterocycles. The maximum absolute atomic E-state index is 12.7. The van der Waals surface area contributed by atoms with E-state index < -0.39 is 5.97 Å². The zero-order valence-electron chi connectivity index (χ0n) is 13.5. The van der Waals surface area contributed by atoms with Crippen molar-refractivity contribution in [1.82, 2.24) is 0 Å². The standard InChI is InChI=1S/C20H15ClO3S/c1-2-24-20(23)18-16(22)12-17(14-9-6-10-15(21)11-14)25-19(18)13-7-4-3-5-8-13/h3-12H,2H2,1H3. The first-order chi connectivity index (χ1) is 12.1. The third kappa shape index (κ3) is 3.81. The van der Waals surface area contributed by atoms with Gasteiger partial charge in [-0.2, -0.15) is 0 Å². The van der Waals surface area contributed by atoms with E-state index in [9.17, 15) is 9.59 Å². The molecular weight excluding hydrogens is 356 g/mol. The molecule has 0 radical (unpaired) electrons. The average Bonchev–Trinajstić information content (AvgIpc) is 2.62. The Hall–Kier alpha value is -2.43. The molecule has 0 saturated heterocycles. The van der Waals surface area contributed by atoms with Crippen LogP contribution in [0.5, 0.6) is 0 Å². The Labute approximate surface area is 154 Å². The van der Waals surface area contributed by atoms with Gasteiger partial charge in [0.2, 0.25) is 0 Å². The van der Waals surface area contributed by atoms with E-state index in [1.807, 2.05) is 42.5 Å². The lowest BCUT2D eigenvalue weighted by molar-refractivity contribution is 0.0526. The van der Waals surface area contributed by atoms with Crippen molar-refractivity contribution in [2.75, 3.05) is 6.61 Å². The summed E-state index contributed by atoms with van der Waals surface area (Å²) < 4.78 is 5.08. The molecule has 3 nitrogen and oxygen atoms in total. The minimum Gasteiger partial charge on any atom is -0.462 e. The van der Waals surface area contributed by atoms with Gasteiger partial charge >= 0.3 is 5.97 Å². The average molecular weight is 371 g/mol. The van der Waals surface area contributed by atoms with Gasteiger partial charge in [0.25, 0.3) is 0 Å². The van der Waals surface area contributed by atoms with Gasteiger partial charge in [-0.1, -0.05) is 54.1 Å². The van der Waals surface area contributed by atoms with Crippen LogP contribution in [-0.4, -0.2) is 12.6 Å². The Balaban J connectivity index is 2.24. The van der Waals surface area contributed by atoms with Crippen molar-refractivity contribution in [3.63, 3.8) is 0 Å². The van der Waals surface area contributed by atoms with Crippen molar-refractivity contribution in [3.05, 3.63) is 81.5 Å². The van der Waals surface area contributed by atoms with Crippen LogP contribution >= 0.6 is 22.9 Å². The fraction of sp³-hybridized carbons (Fsp3) is 0.100. The van der Waals surface area contributed by atoms with E-state index in [1.165, 1.54) is 17.4 Å². The quantitative estimate of drug-likeness (QED) is 0.587. The summed E-state index contributed by atoms with van der Waals surface area (Å²) in [7, 11) is 0.